The lowest BCUT2D eigenvalue weighted by molar-refractivity contribution is 0.524. The Labute approximate surface area is 96.8 Å². The van der Waals surface area contributed by atoms with Crippen molar-refractivity contribution in [2.75, 3.05) is 12.3 Å². The van der Waals surface area contributed by atoms with Gasteiger partial charge in [-0.15, -0.1) is 0 Å². The van der Waals surface area contributed by atoms with E-state index in [1.807, 2.05) is 23.9 Å². The molecule has 0 radical (unpaired) electrons. The molecule has 1 N–H and O–H groups in total. The fraction of sp³-hybridized carbons (Fsp3) is 0.667. The van der Waals surface area contributed by atoms with E-state index in [0.717, 1.165) is 18.1 Å². The highest BCUT2D eigenvalue weighted by molar-refractivity contribution is 7.98. The quantitative estimate of drug-likeness (QED) is 0.737. The molecule has 0 aliphatic rings. The number of hydrogen-bond donors (Lipinski definition) is 1. The van der Waals surface area contributed by atoms with Crippen molar-refractivity contribution in [1.29, 1.82) is 0 Å². The Morgan fingerprint density at radius 2 is 2.33 bits per heavy atom. The Morgan fingerprint density at radius 1 is 1.47 bits per heavy atom. The van der Waals surface area contributed by atoms with E-state index >= 15 is 0 Å². The molecule has 1 heterocycles. The zero-order valence-corrected chi connectivity index (χ0v) is 10.5. The molecular weight excluding hydrogens is 206 g/mol. The fourth-order valence-electron chi connectivity index (χ4n) is 1.58. The number of hydrogen-bond acceptors (Lipinski definition) is 3. The molecule has 0 fully saturated rings. The molecule has 1 rings (SSSR count). The first-order chi connectivity index (χ1) is 7.36. The van der Waals surface area contributed by atoms with Crippen LogP contribution in [0.15, 0.2) is 22.8 Å². The van der Waals surface area contributed by atoms with Crippen molar-refractivity contribution in [2.45, 2.75) is 38.5 Å². The minimum Gasteiger partial charge on any atom is -0.468 e. The highest BCUT2D eigenvalue weighted by atomic mass is 32.2. The molecule has 1 aromatic rings. The molecule has 86 valence electrons. The summed E-state index contributed by atoms with van der Waals surface area (Å²) in [6.07, 6.45) is 4.25. The number of furan rings is 1. The number of thioether (sulfide) groups is 1. The van der Waals surface area contributed by atoms with Gasteiger partial charge in [0.15, 0.2) is 0 Å². The third-order valence-electron chi connectivity index (χ3n) is 2.27. The molecule has 3 heteroatoms. The maximum absolute atomic E-state index is 5.29. The summed E-state index contributed by atoms with van der Waals surface area (Å²) in [5.41, 5.74) is 0. The second-order valence-corrected chi connectivity index (χ2v) is 4.67. The Kier molecular flexibility index (Phi) is 6.60. The topological polar surface area (TPSA) is 25.2 Å². The summed E-state index contributed by atoms with van der Waals surface area (Å²) >= 11 is 1.94. The minimum absolute atomic E-state index is 0.653. The van der Waals surface area contributed by atoms with Crippen LogP contribution in [0.1, 0.15) is 32.4 Å². The molecular formula is C12H21NOS. The van der Waals surface area contributed by atoms with Crippen molar-refractivity contribution in [1.82, 2.24) is 5.32 Å². The van der Waals surface area contributed by atoms with Crippen molar-refractivity contribution in [3.63, 3.8) is 0 Å². The summed E-state index contributed by atoms with van der Waals surface area (Å²) in [7, 11) is 0. The van der Waals surface area contributed by atoms with E-state index in [0.29, 0.717) is 6.04 Å². The average Bonchev–Trinajstić information content (AvgIpc) is 2.71. The first-order valence-electron chi connectivity index (χ1n) is 5.70. The van der Waals surface area contributed by atoms with Crippen molar-refractivity contribution >= 4 is 11.8 Å². The van der Waals surface area contributed by atoms with Gasteiger partial charge in [0.1, 0.15) is 5.76 Å². The zero-order valence-electron chi connectivity index (χ0n) is 9.66. The van der Waals surface area contributed by atoms with Gasteiger partial charge in [-0.3, -0.25) is 0 Å². The Balaban J connectivity index is 2.15. The van der Waals surface area contributed by atoms with Crippen LogP contribution < -0.4 is 5.32 Å². The molecule has 0 aliphatic heterocycles. The van der Waals surface area contributed by atoms with E-state index in [4.69, 9.17) is 4.42 Å². The monoisotopic (exact) mass is 227 g/mol. The van der Waals surface area contributed by atoms with Gasteiger partial charge in [0.2, 0.25) is 0 Å². The number of nitrogens with one attached hydrogen (secondary N) is 1. The predicted octanol–water partition coefficient (Wildman–Crippen LogP) is 3.29. The molecule has 0 saturated heterocycles. The van der Waals surface area contributed by atoms with E-state index in [1.54, 1.807) is 6.26 Å². The van der Waals surface area contributed by atoms with Gasteiger partial charge in [-0.05, 0) is 25.1 Å². The summed E-state index contributed by atoms with van der Waals surface area (Å²) in [6.45, 7) is 5.47. The first kappa shape index (κ1) is 12.7. The van der Waals surface area contributed by atoms with Crippen LogP contribution >= 0.6 is 11.8 Å². The molecule has 0 spiro atoms. The van der Waals surface area contributed by atoms with Gasteiger partial charge in [-0.1, -0.05) is 20.3 Å². The Morgan fingerprint density at radius 3 is 2.93 bits per heavy atom. The van der Waals surface area contributed by atoms with Crippen LogP contribution in [0.25, 0.3) is 0 Å². The van der Waals surface area contributed by atoms with Crippen LogP contribution in [0.3, 0.4) is 0 Å². The second-order valence-electron chi connectivity index (χ2n) is 3.64. The lowest BCUT2D eigenvalue weighted by Gasteiger charge is -2.15. The smallest absolute Gasteiger partial charge is 0.113 e. The molecule has 0 aromatic carbocycles. The van der Waals surface area contributed by atoms with E-state index in [-0.39, 0.29) is 0 Å². The third kappa shape index (κ3) is 5.28. The van der Waals surface area contributed by atoms with Gasteiger partial charge in [0, 0.05) is 11.8 Å². The lowest BCUT2D eigenvalue weighted by atomic mass is 10.2. The van der Waals surface area contributed by atoms with Gasteiger partial charge < -0.3 is 9.73 Å². The van der Waals surface area contributed by atoms with E-state index in [9.17, 15) is 0 Å². The van der Waals surface area contributed by atoms with E-state index < -0.39 is 0 Å². The molecule has 1 atom stereocenters. The van der Waals surface area contributed by atoms with Crippen molar-refractivity contribution in [3.05, 3.63) is 24.2 Å². The maximum Gasteiger partial charge on any atom is 0.113 e. The third-order valence-corrected chi connectivity index (χ3v) is 3.40. The summed E-state index contributed by atoms with van der Waals surface area (Å²) in [5.74, 6) is 3.23. The number of rotatable bonds is 8. The molecule has 0 aliphatic carbocycles. The molecule has 2 nitrogen and oxygen atoms in total. The van der Waals surface area contributed by atoms with Crippen LogP contribution in [0, 0.1) is 0 Å². The lowest BCUT2D eigenvalue weighted by Crippen LogP contribution is -2.30. The van der Waals surface area contributed by atoms with Crippen molar-refractivity contribution < 1.29 is 4.42 Å². The standard InChI is InChI=1S/C12H21NOS/c1-3-6-11(13-4-2)9-15-10-12-7-5-8-14-12/h5,7-8,11,13H,3-4,6,9-10H2,1-2H3. The summed E-state index contributed by atoms with van der Waals surface area (Å²) < 4.78 is 5.29. The average molecular weight is 227 g/mol. The van der Waals surface area contributed by atoms with Crippen LogP contribution in [-0.2, 0) is 5.75 Å². The van der Waals surface area contributed by atoms with Crippen LogP contribution in [0.4, 0.5) is 0 Å². The van der Waals surface area contributed by atoms with Crippen LogP contribution in [-0.4, -0.2) is 18.3 Å². The van der Waals surface area contributed by atoms with Gasteiger partial charge in [-0.25, -0.2) is 0 Å². The first-order valence-corrected chi connectivity index (χ1v) is 6.85. The van der Waals surface area contributed by atoms with Gasteiger partial charge in [0.05, 0.1) is 12.0 Å². The van der Waals surface area contributed by atoms with Crippen LogP contribution in [0.5, 0.6) is 0 Å². The van der Waals surface area contributed by atoms with Crippen molar-refractivity contribution in [2.24, 2.45) is 0 Å². The second kappa shape index (κ2) is 7.83. The highest BCUT2D eigenvalue weighted by Crippen LogP contribution is 2.14. The van der Waals surface area contributed by atoms with Crippen molar-refractivity contribution in [3.8, 4) is 0 Å². The van der Waals surface area contributed by atoms with Gasteiger partial charge in [-0.2, -0.15) is 11.8 Å². The summed E-state index contributed by atoms with van der Waals surface area (Å²) in [4.78, 5) is 0. The molecule has 0 amide bonds. The Bertz CT molecular complexity index is 230. The molecule has 1 unspecified atom stereocenters. The molecule has 1 aromatic heterocycles. The summed E-state index contributed by atoms with van der Waals surface area (Å²) in [5, 5.41) is 3.51. The zero-order chi connectivity index (χ0) is 10.9. The molecule has 0 bridgehead atoms. The van der Waals surface area contributed by atoms with Gasteiger partial charge >= 0.3 is 0 Å². The SMILES string of the molecule is CCCC(CSCc1ccco1)NCC. The van der Waals surface area contributed by atoms with E-state index in [1.165, 1.54) is 18.6 Å². The van der Waals surface area contributed by atoms with E-state index in [2.05, 4.69) is 19.2 Å². The van der Waals surface area contributed by atoms with Crippen LogP contribution in [0.2, 0.25) is 0 Å². The normalized spacial score (nSPS) is 12.9. The predicted molar refractivity (Wildman–Crippen MR) is 67.2 cm³/mol. The Hall–Kier alpha value is -0.410. The highest BCUT2D eigenvalue weighted by Gasteiger charge is 2.06. The fourth-order valence-corrected chi connectivity index (χ4v) is 2.63. The molecule has 0 saturated carbocycles. The minimum atomic E-state index is 0.653. The maximum atomic E-state index is 5.29. The molecule has 15 heavy (non-hydrogen) atoms. The summed E-state index contributed by atoms with van der Waals surface area (Å²) in [6, 6.07) is 4.64. The van der Waals surface area contributed by atoms with Gasteiger partial charge in [0.25, 0.3) is 0 Å². The largest absolute Gasteiger partial charge is 0.468 e.